The van der Waals surface area contributed by atoms with Crippen molar-refractivity contribution in [3.8, 4) is 0 Å². The number of carbonyl (C=O) groups excluding carboxylic acids is 1. The van der Waals surface area contributed by atoms with Gasteiger partial charge in [-0.05, 0) is 12.8 Å². The molecule has 1 aliphatic carbocycles. The molecule has 0 heterocycles. The Morgan fingerprint density at radius 1 is 1.32 bits per heavy atom. The smallest absolute Gasteiger partial charge is 0.221 e. The summed E-state index contributed by atoms with van der Waals surface area (Å²) in [5.41, 5.74) is 0. The van der Waals surface area contributed by atoms with Gasteiger partial charge in [0, 0.05) is 38.9 Å². The molecule has 1 saturated carbocycles. The Balaban J connectivity index is 2.23. The van der Waals surface area contributed by atoms with E-state index < -0.39 is 9.84 Å². The first kappa shape index (κ1) is 16.4. The van der Waals surface area contributed by atoms with Crippen molar-refractivity contribution >= 4 is 15.7 Å². The van der Waals surface area contributed by atoms with Crippen LogP contribution in [0.25, 0.3) is 0 Å². The molecule has 1 amide bonds. The number of ether oxygens (including phenoxy) is 1. The van der Waals surface area contributed by atoms with Gasteiger partial charge < -0.3 is 15.4 Å². The zero-order valence-corrected chi connectivity index (χ0v) is 12.5. The Morgan fingerprint density at radius 2 is 2.05 bits per heavy atom. The average molecular weight is 292 g/mol. The lowest BCUT2D eigenvalue weighted by atomic mass is 10.2. The Bertz CT molecular complexity index is 383. The second-order valence-electron chi connectivity index (χ2n) is 4.95. The van der Waals surface area contributed by atoms with E-state index in [9.17, 15) is 13.2 Å². The summed E-state index contributed by atoms with van der Waals surface area (Å²) in [6.07, 6.45) is 4.15. The summed E-state index contributed by atoms with van der Waals surface area (Å²) in [5.74, 6) is -0.0431. The maximum atomic E-state index is 11.6. The summed E-state index contributed by atoms with van der Waals surface area (Å²) in [5, 5.41) is 5.61. The van der Waals surface area contributed by atoms with E-state index in [1.54, 1.807) is 7.11 Å². The fraction of sp³-hybridized carbons (Fsp3) is 0.917. The quantitative estimate of drug-likeness (QED) is 0.600. The number of methoxy groups -OCH3 is 1. The first-order chi connectivity index (χ1) is 8.95. The van der Waals surface area contributed by atoms with Crippen molar-refractivity contribution in [1.82, 2.24) is 10.6 Å². The fourth-order valence-corrected chi connectivity index (χ4v) is 3.85. The van der Waals surface area contributed by atoms with Crippen LogP contribution in [0.3, 0.4) is 0 Å². The van der Waals surface area contributed by atoms with E-state index in [0.29, 0.717) is 26.1 Å². The molecule has 0 spiro atoms. The number of sulfone groups is 1. The first-order valence-electron chi connectivity index (χ1n) is 6.63. The molecule has 0 radical (unpaired) electrons. The Kier molecular flexibility index (Phi) is 6.74. The third-order valence-electron chi connectivity index (χ3n) is 3.39. The van der Waals surface area contributed by atoms with Crippen molar-refractivity contribution in [3.05, 3.63) is 0 Å². The minimum atomic E-state index is -3.00. The summed E-state index contributed by atoms with van der Waals surface area (Å²) in [6, 6.07) is -0.0122. The van der Waals surface area contributed by atoms with Crippen LogP contribution in [-0.4, -0.2) is 58.7 Å². The number of carbonyl (C=O) groups is 1. The van der Waals surface area contributed by atoms with Crippen LogP contribution in [0.2, 0.25) is 0 Å². The molecule has 2 unspecified atom stereocenters. The molecular formula is C12H24N2O4S. The SMILES string of the molecule is COCCNC(=O)CCNC1CCCC1S(C)(=O)=O. The van der Waals surface area contributed by atoms with Crippen molar-refractivity contribution in [2.75, 3.05) is 33.1 Å². The van der Waals surface area contributed by atoms with Crippen molar-refractivity contribution in [1.29, 1.82) is 0 Å². The molecule has 2 N–H and O–H groups in total. The van der Waals surface area contributed by atoms with E-state index in [-0.39, 0.29) is 17.2 Å². The third-order valence-corrected chi connectivity index (χ3v) is 5.05. The van der Waals surface area contributed by atoms with Crippen molar-refractivity contribution in [3.63, 3.8) is 0 Å². The van der Waals surface area contributed by atoms with E-state index in [1.807, 2.05) is 0 Å². The summed E-state index contributed by atoms with van der Waals surface area (Å²) >= 11 is 0. The number of hydrogen-bond acceptors (Lipinski definition) is 5. The molecule has 0 bridgehead atoms. The lowest BCUT2D eigenvalue weighted by molar-refractivity contribution is -0.121. The van der Waals surface area contributed by atoms with Crippen LogP contribution >= 0.6 is 0 Å². The van der Waals surface area contributed by atoms with Gasteiger partial charge in [-0.25, -0.2) is 8.42 Å². The predicted molar refractivity (Wildman–Crippen MR) is 73.8 cm³/mol. The molecule has 0 aliphatic heterocycles. The molecule has 19 heavy (non-hydrogen) atoms. The Labute approximate surface area is 115 Å². The van der Waals surface area contributed by atoms with Crippen molar-refractivity contribution in [2.24, 2.45) is 0 Å². The van der Waals surface area contributed by atoms with Gasteiger partial charge in [-0.1, -0.05) is 6.42 Å². The first-order valence-corrected chi connectivity index (χ1v) is 8.58. The molecule has 2 atom stereocenters. The predicted octanol–water partition coefficient (Wildman–Crippen LogP) is -0.306. The molecule has 0 saturated heterocycles. The van der Waals surface area contributed by atoms with Crippen molar-refractivity contribution < 1.29 is 17.9 Å². The molecule has 0 aromatic rings. The van der Waals surface area contributed by atoms with Crippen molar-refractivity contribution in [2.45, 2.75) is 37.0 Å². The molecule has 1 fully saturated rings. The van der Waals surface area contributed by atoms with Gasteiger partial charge in [0.05, 0.1) is 11.9 Å². The van der Waals surface area contributed by atoms with E-state index in [0.717, 1.165) is 19.3 Å². The highest BCUT2D eigenvalue weighted by molar-refractivity contribution is 7.91. The molecule has 1 aliphatic rings. The summed E-state index contributed by atoms with van der Waals surface area (Å²) in [6.45, 7) is 1.51. The lowest BCUT2D eigenvalue weighted by Gasteiger charge is -2.19. The monoisotopic (exact) mass is 292 g/mol. The van der Waals surface area contributed by atoms with Crippen LogP contribution in [0.5, 0.6) is 0 Å². The fourth-order valence-electron chi connectivity index (χ4n) is 2.42. The minimum absolute atomic E-state index is 0.0122. The van der Waals surface area contributed by atoms with Crippen LogP contribution in [0, 0.1) is 0 Å². The second kappa shape index (κ2) is 7.81. The Morgan fingerprint density at radius 3 is 2.68 bits per heavy atom. The molecule has 1 rings (SSSR count). The van der Waals surface area contributed by atoms with Gasteiger partial charge in [0.1, 0.15) is 0 Å². The summed E-state index contributed by atoms with van der Waals surface area (Å²) in [4.78, 5) is 11.4. The van der Waals surface area contributed by atoms with Crippen LogP contribution in [0.1, 0.15) is 25.7 Å². The number of amides is 1. The van der Waals surface area contributed by atoms with Gasteiger partial charge in [0.15, 0.2) is 9.84 Å². The minimum Gasteiger partial charge on any atom is -0.383 e. The highest BCUT2D eigenvalue weighted by Crippen LogP contribution is 2.24. The zero-order valence-electron chi connectivity index (χ0n) is 11.6. The van der Waals surface area contributed by atoms with Gasteiger partial charge in [-0.3, -0.25) is 4.79 Å². The van der Waals surface area contributed by atoms with Crippen LogP contribution in [-0.2, 0) is 19.4 Å². The van der Waals surface area contributed by atoms with E-state index in [4.69, 9.17) is 4.74 Å². The maximum Gasteiger partial charge on any atom is 0.221 e. The third kappa shape index (κ3) is 5.88. The van der Waals surface area contributed by atoms with Gasteiger partial charge in [-0.15, -0.1) is 0 Å². The molecule has 7 heteroatoms. The lowest BCUT2D eigenvalue weighted by Crippen LogP contribution is -2.41. The topological polar surface area (TPSA) is 84.5 Å². The number of nitrogens with one attached hydrogen (secondary N) is 2. The largest absolute Gasteiger partial charge is 0.383 e. The van der Waals surface area contributed by atoms with E-state index in [1.165, 1.54) is 6.26 Å². The molecule has 6 nitrogen and oxygen atoms in total. The van der Waals surface area contributed by atoms with Gasteiger partial charge in [-0.2, -0.15) is 0 Å². The summed E-state index contributed by atoms with van der Waals surface area (Å²) in [7, 11) is -1.42. The highest BCUT2D eigenvalue weighted by Gasteiger charge is 2.34. The highest BCUT2D eigenvalue weighted by atomic mass is 32.2. The van der Waals surface area contributed by atoms with Crippen LogP contribution in [0.15, 0.2) is 0 Å². The van der Waals surface area contributed by atoms with Gasteiger partial charge >= 0.3 is 0 Å². The maximum absolute atomic E-state index is 11.6. The van der Waals surface area contributed by atoms with Gasteiger partial charge in [0.25, 0.3) is 0 Å². The van der Waals surface area contributed by atoms with E-state index >= 15 is 0 Å². The molecule has 112 valence electrons. The molecule has 0 aromatic heterocycles. The number of hydrogen-bond donors (Lipinski definition) is 2. The normalized spacial score (nSPS) is 23.5. The van der Waals surface area contributed by atoms with Crippen LogP contribution in [0.4, 0.5) is 0 Å². The number of rotatable bonds is 8. The van der Waals surface area contributed by atoms with E-state index in [2.05, 4.69) is 10.6 Å². The average Bonchev–Trinajstić information content (AvgIpc) is 2.77. The zero-order chi connectivity index (χ0) is 14.3. The van der Waals surface area contributed by atoms with Crippen LogP contribution < -0.4 is 10.6 Å². The molecule has 0 aromatic carbocycles. The van der Waals surface area contributed by atoms with Gasteiger partial charge in [0.2, 0.25) is 5.91 Å². The Hall–Kier alpha value is -0.660. The molecular weight excluding hydrogens is 268 g/mol. The standard InChI is InChI=1S/C12H24N2O4S/c1-18-9-8-14-12(15)6-7-13-10-4-3-5-11(10)19(2,16)17/h10-11,13H,3-9H2,1-2H3,(H,14,15). The summed E-state index contributed by atoms with van der Waals surface area (Å²) < 4.78 is 28.0. The second-order valence-corrected chi connectivity index (χ2v) is 7.22.